The summed E-state index contributed by atoms with van der Waals surface area (Å²) in [6.07, 6.45) is 2.95. The van der Waals surface area contributed by atoms with Crippen LogP contribution >= 0.6 is 0 Å². The van der Waals surface area contributed by atoms with E-state index >= 15 is 0 Å². The van der Waals surface area contributed by atoms with E-state index < -0.39 is 12.0 Å². The van der Waals surface area contributed by atoms with Crippen molar-refractivity contribution in [1.82, 2.24) is 10.6 Å². The quantitative estimate of drug-likeness (QED) is 0.176. The van der Waals surface area contributed by atoms with Crippen LogP contribution in [0.4, 0.5) is 0 Å². The first kappa shape index (κ1) is 16.7. The molecule has 2 atom stereocenters. The van der Waals surface area contributed by atoms with Gasteiger partial charge in [-0.2, -0.15) is 0 Å². The van der Waals surface area contributed by atoms with Crippen LogP contribution in [-0.2, 0) is 4.79 Å². The minimum Gasteiger partial charge on any atom is -0.480 e. The molecule has 0 heterocycles. The number of guanidine groups is 1. The maximum absolute atomic E-state index is 11.1. The maximum atomic E-state index is 11.1. The molecule has 0 aromatic rings. The van der Waals surface area contributed by atoms with Gasteiger partial charge in [-0.15, -0.1) is 0 Å². The van der Waals surface area contributed by atoms with Gasteiger partial charge in [0.15, 0.2) is 5.96 Å². The highest BCUT2D eigenvalue weighted by Crippen LogP contribution is 2.02. The number of carboxylic acid groups (broad SMARTS) is 1. The molecule has 0 saturated heterocycles. The zero-order valence-corrected chi connectivity index (χ0v) is 10.9. The van der Waals surface area contributed by atoms with Crippen LogP contribution in [0.25, 0.3) is 0 Å². The first-order valence-corrected chi connectivity index (χ1v) is 6.28. The number of aliphatic carboxylic acids is 1. The van der Waals surface area contributed by atoms with E-state index in [-0.39, 0.29) is 12.0 Å². The second-order valence-corrected chi connectivity index (χ2v) is 4.26. The zero-order valence-electron chi connectivity index (χ0n) is 10.9. The fraction of sp³-hybridized carbons (Fsp3) is 0.818. The van der Waals surface area contributed by atoms with Crippen LogP contribution in [0.2, 0.25) is 0 Å². The van der Waals surface area contributed by atoms with Gasteiger partial charge in [0.1, 0.15) is 6.04 Å². The summed E-state index contributed by atoms with van der Waals surface area (Å²) in [4.78, 5) is 11.1. The Morgan fingerprint density at radius 1 is 1.44 bits per heavy atom. The van der Waals surface area contributed by atoms with E-state index in [1.165, 1.54) is 0 Å². The van der Waals surface area contributed by atoms with Crippen molar-refractivity contribution in [3.05, 3.63) is 0 Å². The molecule has 0 spiro atoms. The fourth-order valence-corrected chi connectivity index (χ4v) is 1.71. The van der Waals surface area contributed by atoms with Gasteiger partial charge >= 0.3 is 5.97 Å². The summed E-state index contributed by atoms with van der Waals surface area (Å²) in [5, 5.41) is 21.8. The monoisotopic (exact) mass is 259 g/mol. The summed E-state index contributed by atoms with van der Waals surface area (Å²) in [6.45, 7) is 2.97. The molecule has 7 nitrogen and oxygen atoms in total. The molecule has 106 valence electrons. The number of carboxylic acids is 1. The summed E-state index contributed by atoms with van der Waals surface area (Å²) >= 11 is 0. The number of nitrogens with one attached hydrogen (secondary N) is 3. The van der Waals surface area contributed by atoms with Gasteiger partial charge < -0.3 is 27.2 Å². The average molecular weight is 259 g/mol. The molecule has 1 unspecified atom stereocenters. The molecule has 0 bridgehead atoms. The van der Waals surface area contributed by atoms with E-state index in [9.17, 15) is 4.79 Å². The second-order valence-electron chi connectivity index (χ2n) is 4.26. The Labute approximate surface area is 108 Å². The third-order valence-corrected chi connectivity index (χ3v) is 2.64. The van der Waals surface area contributed by atoms with Crippen molar-refractivity contribution in [3.8, 4) is 0 Å². The molecule has 0 aliphatic rings. The van der Waals surface area contributed by atoms with Crippen molar-refractivity contribution in [2.75, 3.05) is 13.1 Å². The van der Waals surface area contributed by atoms with Crippen molar-refractivity contribution < 1.29 is 9.90 Å². The molecule has 0 fully saturated rings. The molecule has 0 saturated carbocycles. The van der Waals surface area contributed by atoms with Crippen molar-refractivity contribution in [1.29, 1.82) is 5.41 Å². The minimum atomic E-state index is -0.868. The Hall–Kier alpha value is -1.34. The molecular weight excluding hydrogens is 234 g/mol. The van der Waals surface area contributed by atoms with E-state index in [0.717, 1.165) is 12.8 Å². The van der Waals surface area contributed by atoms with Crippen molar-refractivity contribution in [2.24, 2.45) is 11.5 Å². The number of rotatable bonds is 10. The first-order valence-electron chi connectivity index (χ1n) is 6.28. The average Bonchev–Trinajstić information content (AvgIpc) is 2.31. The molecule has 0 aliphatic carbocycles. The molecule has 0 radical (unpaired) electrons. The lowest BCUT2D eigenvalue weighted by Gasteiger charge is -2.21. The molecule has 0 rings (SSSR count). The normalized spacial score (nSPS) is 13.9. The van der Waals surface area contributed by atoms with Gasteiger partial charge in [0.25, 0.3) is 0 Å². The van der Waals surface area contributed by atoms with E-state index in [0.29, 0.717) is 25.9 Å². The van der Waals surface area contributed by atoms with Gasteiger partial charge in [-0.25, -0.2) is 0 Å². The number of hydrogen-bond donors (Lipinski definition) is 6. The fourth-order valence-electron chi connectivity index (χ4n) is 1.71. The second kappa shape index (κ2) is 9.67. The minimum absolute atomic E-state index is 0.0388. The molecule has 0 aromatic heterocycles. The van der Waals surface area contributed by atoms with Gasteiger partial charge in [-0.3, -0.25) is 10.2 Å². The summed E-state index contributed by atoms with van der Waals surface area (Å²) in [6, 6.07) is -0.560. The summed E-state index contributed by atoms with van der Waals surface area (Å²) < 4.78 is 0. The van der Waals surface area contributed by atoms with Crippen molar-refractivity contribution in [3.63, 3.8) is 0 Å². The highest BCUT2D eigenvalue weighted by atomic mass is 16.4. The Morgan fingerprint density at radius 2 is 2.11 bits per heavy atom. The molecule has 0 amide bonds. The number of nitrogens with two attached hydrogens (primary N) is 2. The number of hydrogen-bond acceptors (Lipinski definition) is 4. The van der Waals surface area contributed by atoms with Gasteiger partial charge in [0.2, 0.25) is 0 Å². The van der Waals surface area contributed by atoms with E-state index in [2.05, 4.69) is 10.6 Å². The summed E-state index contributed by atoms with van der Waals surface area (Å²) in [5.74, 6) is -0.965. The third kappa shape index (κ3) is 7.86. The first-order chi connectivity index (χ1) is 8.51. The summed E-state index contributed by atoms with van der Waals surface area (Å²) in [5.41, 5.74) is 10.7. The zero-order chi connectivity index (χ0) is 14.0. The van der Waals surface area contributed by atoms with E-state index in [1.807, 2.05) is 6.92 Å². The van der Waals surface area contributed by atoms with Gasteiger partial charge in [0.05, 0.1) is 0 Å². The molecule has 0 aliphatic heterocycles. The predicted molar refractivity (Wildman–Crippen MR) is 71.5 cm³/mol. The lowest BCUT2D eigenvalue weighted by molar-refractivity contribution is -0.139. The lowest BCUT2D eigenvalue weighted by Crippen LogP contribution is -2.47. The summed E-state index contributed by atoms with van der Waals surface area (Å²) in [7, 11) is 0. The van der Waals surface area contributed by atoms with Crippen LogP contribution in [0, 0.1) is 5.41 Å². The maximum Gasteiger partial charge on any atom is 0.320 e. The topological polar surface area (TPSA) is 137 Å². The van der Waals surface area contributed by atoms with Crippen LogP contribution in [0.3, 0.4) is 0 Å². The Bertz CT molecular complexity index is 260. The molecule has 7 heteroatoms. The van der Waals surface area contributed by atoms with Crippen molar-refractivity contribution in [2.45, 2.75) is 44.7 Å². The predicted octanol–water partition coefficient (Wildman–Crippen LogP) is -0.580. The van der Waals surface area contributed by atoms with E-state index in [4.69, 9.17) is 22.0 Å². The van der Waals surface area contributed by atoms with Gasteiger partial charge in [0, 0.05) is 19.1 Å². The SMILES string of the molecule is CCCC(CN)N[C@@H](CCCNC(=N)N)C(=O)O. The van der Waals surface area contributed by atoms with Crippen molar-refractivity contribution >= 4 is 11.9 Å². The van der Waals surface area contributed by atoms with Crippen LogP contribution in [0.15, 0.2) is 0 Å². The highest BCUT2D eigenvalue weighted by molar-refractivity contribution is 5.74. The van der Waals surface area contributed by atoms with Gasteiger partial charge in [-0.1, -0.05) is 13.3 Å². The lowest BCUT2D eigenvalue weighted by atomic mass is 10.1. The smallest absolute Gasteiger partial charge is 0.320 e. The third-order valence-electron chi connectivity index (χ3n) is 2.64. The molecule has 18 heavy (non-hydrogen) atoms. The number of carbonyl (C=O) groups is 1. The van der Waals surface area contributed by atoms with Crippen LogP contribution in [0.5, 0.6) is 0 Å². The van der Waals surface area contributed by atoms with Crippen LogP contribution in [-0.4, -0.2) is 42.2 Å². The Kier molecular flexibility index (Phi) is 8.95. The molecule has 0 aromatic carbocycles. The molecular formula is C11H25N5O2. The Morgan fingerprint density at radius 3 is 2.56 bits per heavy atom. The van der Waals surface area contributed by atoms with E-state index in [1.54, 1.807) is 0 Å². The van der Waals surface area contributed by atoms with Crippen LogP contribution < -0.4 is 22.1 Å². The van der Waals surface area contributed by atoms with Gasteiger partial charge in [-0.05, 0) is 19.3 Å². The van der Waals surface area contributed by atoms with Crippen LogP contribution in [0.1, 0.15) is 32.6 Å². The Balaban J connectivity index is 4.05. The highest BCUT2D eigenvalue weighted by Gasteiger charge is 2.19. The largest absolute Gasteiger partial charge is 0.480 e. The molecule has 8 N–H and O–H groups in total. The standard InChI is InChI=1S/C11H25N5O2/c1-2-4-8(7-12)16-9(10(17)18)5-3-6-15-11(13)14/h8-9,16H,2-7,12H2,1H3,(H,17,18)(H4,13,14,15)/t8?,9-/m0/s1.